The number of nitrogens with zero attached hydrogens (tertiary/aromatic N) is 2. The summed E-state index contributed by atoms with van der Waals surface area (Å²) in [4.78, 5) is 48.5. The van der Waals surface area contributed by atoms with Crippen molar-refractivity contribution in [2.75, 3.05) is 13.2 Å². The van der Waals surface area contributed by atoms with Gasteiger partial charge in [0.1, 0.15) is 5.78 Å². The molecule has 44 heavy (non-hydrogen) atoms. The van der Waals surface area contributed by atoms with Crippen molar-refractivity contribution in [1.82, 2.24) is 0 Å². The van der Waals surface area contributed by atoms with Gasteiger partial charge in [-0.2, -0.15) is 0 Å². The van der Waals surface area contributed by atoms with Crippen LogP contribution in [-0.2, 0) is 14.5 Å². The maximum absolute atomic E-state index is 11.7. The number of hydrogen-bond acceptors (Lipinski definition) is 8. The zero-order valence-corrected chi connectivity index (χ0v) is 28.4. The van der Waals surface area contributed by atoms with Crippen LogP contribution in [0.5, 0.6) is 0 Å². The molecule has 0 saturated carbocycles. The SMILES string of the molecule is CC(C)(C)CCCC(=O)c1ccccc1.CCC(=O)CCCC(C)(C)C.CCO[N+](=O)[O-].CCO[N+](=O)[O-].c1ccccc1. The van der Waals surface area contributed by atoms with Crippen molar-refractivity contribution in [3.63, 3.8) is 0 Å². The molecule has 0 aromatic heterocycles. The van der Waals surface area contributed by atoms with E-state index in [1.165, 1.54) is 0 Å². The molecule has 2 rings (SSSR count). The lowest BCUT2D eigenvalue weighted by molar-refractivity contribution is -0.756. The van der Waals surface area contributed by atoms with E-state index in [-0.39, 0.29) is 19.0 Å². The van der Waals surface area contributed by atoms with E-state index in [0.717, 1.165) is 37.7 Å². The van der Waals surface area contributed by atoms with Crippen LogP contribution in [0.3, 0.4) is 0 Å². The zero-order chi connectivity index (χ0) is 34.4. The number of Topliss-reactive ketones (excluding diaryl/α,β-unsaturated/α-hetero) is 2. The number of rotatable bonds is 12. The van der Waals surface area contributed by atoms with E-state index in [4.69, 9.17) is 0 Å². The summed E-state index contributed by atoms with van der Waals surface area (Å²) in [6.45, 7) is 18.6. The first kappa shape index (κ1) is 44.6. The smallest absolute Gasteiger partial charge is 0.294 e. The maximum Gasteiger partial charge on any atom is 0.294 e. The average Bonchev–Trinajstić information content (AvgIpc) is 2.94. The Morgan fingerprint density at radius 1 is 0.636 bits per heavy atom. The number of benzene rings is 2. The van der Waals surface area contributed by atoms with Gasteiger partial charge in [-0.15, -0.1) is 20.2 Å². The fourth-order valence-corrected chi connectivity index (χ4v) is 3.14. The van der Waals surface area contributed by atoms with Crippen molar-refractivity contribution >= 4 is 11.6 Å². The van der Waals surface area contributed by atoms with Gasteiger partial charge >= 0.3 is 0 Å². The standard InChI is InChI=1S/C14H20O.C10H20O.C6H6.2C2H5NO3/c1-14(2,3)11-7-10-13(15)12-8-5-4-6-9-12;1-5-9(11)7-6-8-10(2,3)4;1-2-4-6-5-3-1;2*1-2-6-3(4)5/h4-6,8-9H,7,10-11H2,1-3H3;5-8H2,1-4H3;1-6H;2*2H2,1H3. The van der Waals surface area contributed by atoms with Crippen molar-refractivity contribution < 1.29 is 29.4 Å². The Bertz CT molecular complexity index is 943. The van der Waals surface area contributed by atoms with Crippen LogP contribution in [0.2, 0.25) is 0 Å². The van der Waals surface area contributed by atoms with Gasteiger partial charge in [-0.1, -0.05) is 115 Å². The van der Waals surface area contributed by atoms with E-state index >= 15 is 0 Å². The third-order valence-corrected chi connectivity index (χ3v) is 5.34. The van der Waals surface area contributed by atoms with Crippen molar-refractivity contribution in [3.05, 3.63) is 92.5 Å². The Hall–Kier alpha value is -3.82. The lowest BCUT2D eigenvalue weighted by Gasteiger charge is -2.17. The largest absolute Gasteiger partial charge is 0.314 e. The molecule has 0 aliphatic rings. The van der Waals surface area contributed by atoms with Crippen LogP contribution >= 0.6 is 0 Å². The second-order valence-electron chi connectivity index (χ2n) is 11.9. The van der Waals surface area contributed by atoms with Gasteiger partial charge in [-0.3, -0.25) is 9.59 Å². The highest BCUT2D eigenvalue weighted by atomic mass is 17.0. The molecule has 0 amide bonds. The van der Waals surface area contributed by atoms with Gasteiger partial charge < -0.3 is 9.68 Å². The molecule has 0 bridgehead atoms. The first-order valence-corrected chi connectivity index (χ1v) is 15.1. The highest BCUT2D eigenvalue weighted by Crippen LogP contribution is 2.22. The molecule has 0 spiro atoms. The molecule has 2 aromatic rings. The highest BCUT2D eigenvalue weighted by molar-refractivity contribution is 5.95. The minimum absolute atomic E-state index is 0.132. The van der Waals surface area contributed by atoms with Gasteiger partial charge in [-0.05, 0) is 50.4 Å². The van der Waals surface area contributed by atoms with Gasteiger partial charge in [0.05, 0.1) is 13.2 Å². The van der Waals surface area contributed by atoms with Gasteiger partial charge in [0.15, 0.2) is 5.78 Å². The summed E-state index contributed by atoms with van der Waals surface area (Å²) < 4.78 is 0. The van der Waals surface area contributed by atoms with Crippen LogP contribution in [0.25, 0.3) is 0 Å². The van der Waals surface area contributed by atoms with E-state index in [1.54, 1.807) is 13.8 Å². The first-order chi connectivity index (χ1) is 20.5. The fourth-order valence-electron chi connectivity index (χ4n) is 3.14. The molecule has 0 aliphatic carbocycles. The summed E-state index contributed by atoms with van der Waals surface area (Å²) in [5, 5.41) is 16.7. The second kappa shape index (κ2) is 28.0. The van der Waals surface area contributed by atoms with Crippen LogP contribution in [0.4, 0.5) is 0 Å². The first-order valence-electron chi connectivity index (χ1n) is 15.1. The maximum atomic E-state index is 11.7. The number of carbonyl (C=O) groups is 2. The van der Waals surface area contributed by atoms with Gasteiger partial charge in [0.25, 0.3) is 10.2 Å². The van der Waals surface area contributed by atoms with Crippen LogP contribution in [0, 0.1) is 31.1 Å². The van der Waals surface area contributed by atoms with Crippen molar-refractivity contribution in [2.45, 2.75) is 107 Å². The van der Waals surface area contributed by atoms with E-state index in [2.05, 4.69) is 51.2 Å². The molecule has 0 radical (unpaired) electrons. The molecular formula is C34H56N2O8. The van der Waals surface area contributed by atoms with Gasteiger partial charge in [0, 0.05) is 24.8 Å². The van der Waals surface area contributed by atoms with E-state index in [1.807, 2.05) is 73.7 Å². The number of carbonyl (C=O) groups excluding carboxylic acids is 2. The lowest BCUT2D eigenvalue weighted by Crippen LogP contribution is -2.06. The molecule has 0 heterocycles. The molecule has 0 N–H and O–H groups in total. The molecule has 0 unspecified atom stereocenters. The number of hydrogen-bond donors (Lipinski definition) is 0. The van der Waals surface area contributed by atoms with Crippen LogP contribution in [-0.4, -0.2) is 35.0 Å². The summed E-state index contributed by atoms with van der Waals surface area (Å²) in [6.07, 6.45) is 6.43. The predicted octanol–water partition coefficient (Wildman–Crippen LogP) is 9.38. The van der Waals surface area contributed by atoms with Crippen molar-refractivity contribution in [2.24, 2.45) is 10.8 Å². The minimum Gasteiger partial charge on any atom is -0.314 e. The normalized spacial score (nSPS) is 9.93. The Kier molecular flexibility index (Phi) is 28.4. The van der Waals surface area contributed by atoms with Gasteiger partial charge in [0.2, 0.25) is 0 Å². The molecule has 10 nitrogen and oxygen atoms in total. The van der Waals surface area contributed by atoms with Crippen molar-refractivity contribution in [3.8, 4) is 0 Å². The Labute approximate surface area is 264 Å². The molecule has 0 saturated heterocycles. The topological polar surface area (TPSA) is 139 Å². The molecule has 0 fully saturated rings. The Morgan fingerprint density at radius 3 is 1.25 bits per heavy atom. The van der Waals surface area contributed by atoms with E-state index in [0.29, 0.717) is 29.5 Å². The lowest BCUT2D eigenvalue weighted by atomic mass is 9.89. The number of ketones is 2. The molecule has 250 valence electrons. The molecule has 2 aromatic carbocycles. The Morgan fingerprint density at radius 2 is 0.977 bits per heavy atom. The second-order valence-corrected chi connectivity index (χ2v) is 11.9. The molecular weight excluding hydrogens is 564 g/mol. The average molecular weight is 621 g/mol. The molecule has 0 aliphatic heterocycles. The predicted molar refractivity (Wildman–Crippen MR) is 176 cm³/mol. The summed E-state index contributed by atoms with van der Waals surface area (Å²) in [5.74, 6) is 0.661. The van der Waals surface area contributed by atoms with Gasteiger partial charge in [-0.25, -0.2) is 0 Å². The minimum atomic E-state index is -0.819. The summed E-state index contributed by atoms with van der Waals surface area (Å²) >= 11 is 0. The summed E-state index contributed by atoms with van der Waals surface area (Å²) in [7, 11) is 0. The monoisotopic (exact) mass is 620 g/mol. The van der Waals surface area contributed by atoms with Crippen molar-refractivity contribution in [1.29, 1.82) is 0 Å². The summed E-state index contributed by atoms with van der Waals surface area (Å²) in [5.41, 5.74) is 1.55. The molecule has 0 atom stereocenters. The fraction of sp³-hybridized carbons (Fsp3) is 0.588. The Balaban J connectivity index is -0.000000509. The zero-order valence-electron chi connectivity index (χ0n) is 28.4. The van der Waals surface area contributed by atoms with E-state index in [9.17, 15) is 29.8 Å². The van der Waals surface area contributed by atoms with Crippen LogP contribution < -0.4 is 0 Å². The van der Waals surface area contributed by atoms with Crippen LogP contribution in [0.1, 0.15) is 118 Å². The quantitative estimate of drug-likeness (QED) is 0.130. The highest BCUT2D eigenvalue weighted by Gasteiger charge is 2.12. The van der Waals surface area contributed by atoms with Crippen LogP contribution in [0.15, 0.2) is 66.7 Å². The molecule has 10 heteroatoms. The third-order valence-electron chi connectivity index (χ3n) is 5.34. The van der Waals surface area contributed by atoms with E-state index < -0.39 is 10.2 Å². The third kappa shape index (κ3) is 40.3. The summed E-state index contributed by atoms with van der Waals surface area (Å²) in [6, 6.07) is 21.5.